The van der Waals surface area contributed by atoms with Gasteiger partial charge in [0.2, 0.25) is 11.8 Å². The summed E-state index contributed by atoms with van der Waals surface area (Å²) >= 11 is 0. The third-order valence-electron chi connectivity index (χ3n) is 8.49. The van der Waals surface area contributed by atoms with Crippen molar-refractivity contribution in [2.24, 2.45) is 23.5 Å². The van der Waals surface area contributed by atoms with Crippen molar-refractivity contribution < 1.29 is 19.2 Å². The second kappa shape index (κ2) is 10.8. The van der Waals surface area contributed by atoms with E-state index in [1.807, 2.05) is 4.90 Å². The first-order chi connectivity index (χ1) is 15.5. The van der Waals surface area contributed by atoms with Gasteiger partial charge in [0.25, 0.3) is 0 Å². The van der Waals surface area contributed by atoms with Crippen molar-refractivity contribution in [1.82, 2.24) is 15.5 Å². The fraction of sp³-hybridized carbons (Fsp3) is 0.917. The molecule has 4 rings (SSSR count). The van der Waals surface area contributed by atoms with Gasteiger partial charge >= 0.3 is 0 Å². The Kier molecular flexibility index (Phi) is 8.08. The number of amides is 2. The Morgan fingerprint density at radius 3 is 2.75 bits per heavy atom. The van der Waals surface area contributed by atoms with Crippen molar-refractivity contribution in [1.29, 1.82) is 0 Å². The predicted molar refractivity (Wildman–Crippen MR) is 122 cm³/mol. The van der Waals surface area contributed by atoms with E-state index in [4.69, 9.17) is 10.5 Å². The minimum Gasteiger partial charge on any atom is -0.381 e. The zero-order valence-electron chi connectivity index (χ0n) is 20.0. The number of unbranched alkanes of at least 4 members (excludes halogenated alkanes) is 1. The summed E-state index contributed by atoms with van der Waals surface area (Å²) in [7, 11) is 1.78. The number of quaternary nitrogens is 1. The molecule has 3 aliphatic heterocycles. The summed E-state index contributed by atoms with van der Waals surface area (Å²) in [5.74, 6) is 0.297. The van der Waals surface area contributed by atoms with Crippen LogP contribution in [0, 0.1) is 17.8 Å². The van der Waals surface area contributed by atoms with Gasteiger partial charge in [0, 0.05) is 20.2 Å². The third kappa shape index (κ3) is 4.98. The van der Waals surface area contributed by atoms with Gasteiger partial charge in [-0.3, -0.25) is 15.3 Å². The van der Waals surface area contributed by atoms with Crippen LogP contribution in [0.5, 0.6) is 0 Å². The summed E-state index contributed by atoms with van der Waals surface area (Å²) in [5, 5.41) is 6.98. The number of hydrogen-bond acceptors (Lipinski definition) is 5. The predicted octanol–water partition coefficient (Wildman–Crippen LogP) is 0.182. The SMILES string of the molecule is CCCC[NH+]1C(N)C(C(=O)NCC2CCC(OC)CC2)CC2C(=O)N3CCCCC3NC21. The molecule has 182 valence electrons. The molecule has 3 saturated heterocycles. The molecule has 0 aromatic rings. The van der Waals surface area contributed by atoms with Crippen LogP contribution in [0.3, 0.4) is 0 Å². The first-order valence-electron chi connectivity index (χ1n) is 13.0. The van der Waals surface area contributed by atoms with Gasteiger partial charge in [-0.2, -0.15) is 0 Å². The monoisotopic (exact) mass is 450 g/mol. The van der Waals surface area contributed by atoms with E-state index in [2.05, 4.69) is 17.6 Å². The lowest BCUT2D eigenvalue weighted by molar-refractivity contribution is -0.965. The minimum absolute atomic E-state index is 0.0248. The Hall–Kier alpha value is -1.22. The molecule has 4 fully saturated rings. The van der Waals surface area contributed by atoms with Crippen LogP contribution in [-0.4, -0.2) is 68.1 Å². The zero-order valence-corrected chi connectivity index (χ0v) is 20.0. The lowest BCUT2D eigenvalue weighted by atomic mass is 9.80. The third-order valence-corrected chi connectivity index (χ3v) is 8.49. The number of carbonyl (C=O) groups is 2. The highest BCUT2D eigenvalue weighted by atomic mass is 16.5. The Morgan fingerprint density at radius 1 is 1.25 bits per heavy atom. The second-order valence-corrected chi connectivity index (χ2v) is 10.5. The lowest BCUT2D eigenvalue weighted by Crippen LogP contribution is -3.26. The first-order valence-corrected chi connectivity index (χ1v) is 13.0. The number of nitrogens with one attached hydrogen (secondary N) is 3. The average molecular weight is 451 g/mol. The highest BCUT2D eigenvalue weighted by molar-refractivity contribution is 5.83. The number of likely N-dealkylation sites (tertiary alicyclic amines) is 1. The Labute approximate surface area is 193 Å². The minimum atomic E-state index is -0.314. The maximum atomic E-state index is 13.4. The maximum Gasteiger partial charge on any atom is 0.234 e. The molecule has 2 amide bonds. The number of carbonyl (C=O) groups excluding carboxylic acids is 2. The van der Waals surface area contributed by atoms with Crippen molar-refractivity contribution >= 4 is 11.8 Å². The Bertz CT molecular complexity index is 654. The van der Waals surface area contributed by atoms with E-state index in [0.29, 0.717) is 25.0 Å². The van der Waals surface area contributed by atoms with Gasteiger partial charge in [0.15, 0.2) is 12.3 Å². The standard InChI is InChI=1S/C24H43N5O3/c1-3-4-12-29-21(25)18(23(30)26-15-16-8-10-17(32-2)11-9-16)14-19-22(29)27-20-7-5-6-13-28(20)24(19)31/h16-22,27H,3-15,25H2,1-2H3,(H,26,30)/p+1. The molecule has 0 bridgehead atoms. The average Bonchev–Trinajstić information content (AvgIpc) is 2.82. The fourth-order valence-electron chi connectivity index (χ4n) is 6.46. The molecule has 8 nitrogen and oxygen atoms in total. The molecule has 5 N–H and O–H groups in total. The number of fused-ring (bicyclic) bond motifs is 2. The number of nitrogens with zero attached hydrogens (tertiary/aromatic N) is 1. The Morgan fingerprint density at radius 2 is 2.03 bits per heavy atom. The van der Waals surface area contributed by atoms with Crippen molar-refractivity contribution in [2.45, 2.75) is 95.7 Å². The van der Waals surface area contributed by atoms with Crippen LogP contribution < -0.4 is 21.3 Å². The molecule has 1 aliphatic carbocycles. The summed E-state index contributed by atoms with van der Waals surface area (Å²) in [6, 6.07) is 0. The van der Waals surface area contributed by atoms with E-state index in [1.165, 1.54) is 4.90 Å². The molecule has 0 aromatic heterocycles. The van der Waals surface area contributed by atoms with Crippen LogP contribution in [0.25, 0.3) is 0 Å². The van der Waals surface area contributed by atoms with Gasteiger partial charge in [-0.25, -0.2) is 5.32 Å². The topological polar surface area (TPSA) is 101 Å². The van der Waals surface area contributed by atoms with Gasteiger partial charge in [0.1, 0.15) is 11.8 Å². The number of ether oxygens (including phenoxy) is 1. The number of nitrogens with two attached hydrogens (primary N) is 1. The van der Waals surface area contributed by atoms with E-state index >= 15 is 0 Å². The van der Waals surface area contributed by atoms with E-state index in [9.17, 15) is 9.59 Å². The van der Waals surface area contributed by atoms with E-state index in [1.54, 1.807) is 7.11 Å². The molecule has 32 heavy (non-hydrogen) atoms. The molecular formula is C24H44N5O3+. The van der Waals surface area contributed by atoms with Gasteiger partial charge in [-0.15, -0.1) is 0 Å². The van der Waals surface area contributed by atoms with Gasteiger partial charge in [-0.05, 0) is 63.7 Å². The quantitative estimate of drug-likeness (QED) is 0.443. The molecule has 3 heterocycles. The van der Waals surface area contributed by atoms with Crippen LogP contribution in [0.2, 0.25) is 0 Å². The van der Waals surface area contributed by atoms with Crippen molar-refractivity contribution in [3.63, 3.8) is 0 Å². The normalized spacial score (nSPS) is 39.8. The fourth-order valence-corrected chi connectivity index (χ4v) is 6.46. The Balaban J connectivity index is 1.42. The largest absolute Gasteiger partial charge is 0.381 e. The van der Waals surface area contributed by atoms with Gasteiger partial charge < -0.3 is 19.9 Å². The highest BCUT2D eigenvalue weighted by Gasteiger charge is 2.55. The summed E-state index contributed by atoms with van der Waals surface area (Å²) in [6.45, 7) is 4.61. The van der Waals surface area contributed by atoms with E-state index in [-0.39, 0.29) is 42.1 Å². The van der Waals surface area contributed by atoms with Crippen LogP contribution in [0.1, 0.15) is 71.1 Å². The van der Waals surface area contributed by atoms with E-state index in [0.717, 1.165) is 70.9 Å². The summed E-state index contributed by atoms with van der Waals surface area (Å²) < 4.78 is 5.47. The zero-order chi connectivity index (χ0) is 22.7. The molecule has 6 atom stereocenters. The lowest BCUT2D eigenvalue weighted by Gasteiger charge is -2.52. The molecule has 0 aromatic carbocycles. The molecular weight excluding hydrogens is 406 g/mol. The highest BCUT2D eigenvalue weighted by Crippen LogP contribution is 2.30. The smallest absolute Gasteiger partial charge is 0.234 e. The maximum absolute atomic E-state index is 13.4. The molecule has 0 spiro atoms. The van der Waals surface area contributed by atoms with Gasteiger partial charge in [0.05, 0.1) is 18.8 Å². The number of piperidine rings is 2. The van der Waals surface area contributed by atoms with Crippen LogP contribution >= 0.6 is 0 Å². The molecule has 1 saturated carbocycles. The first kappa shape index (κ1) is 23.9. The van der Waals surface area contributed by atoms with Crippen molar-refractivity contribution in [2.75, 3.05) is 26.7 Å². The van der Waals surface area contributed by atoms with Crippen molar-refractivity contribution in [3.05, 3.63) is 0 Å². The van der Waals surface area contributed by atoms with Crippen molar-refractivity contribution in [3.8, 4) is 0 Å². The second-order valence-electron chi connectivity index (χ2n) is 10.5. The van der Waals surface area contributed by atoms with E-state index < -0.39 is 0 Å². The molecule has 4 aliphatic rings. The van der Waals surface area contributed by atoms with Crippen LogP contribution in [-0.2, 0) is 14.3 Å². The number of methoxy groups -OCH3 is 1. The van der Waals surface area contributed by atoms with Crippen LogP contribution in [0.4, 0.5) is 0 Å². The van der Waals surface area contributed by atoms with Gasteiger partial charge in [-0.1, -0.05) is 13.3 Å². The van der Waals surface area contributed by atoms with Crippen LogP contribution in [0.15, 0.2) is 0 Å². The number of hydrogen-bond donors (Lipinski definition) is 4. The summed E-state index contributed by atoms with van der Waals surface area (Å²) in [4.78, 5) is 29.9. The molecule has 8 heteroatoms. The summed E-state index contributed by atoms with van der Waals surface area (Å²) in [5.41, 5.74) is 6.75. The summed E-state index contributed by atoms with van der Waals surface area (Å²) in [6.07, 6.45) is 10.5. The molecule has 0 radical (unpaired) electrons. The number of rotatable bonds is 7. The molecule has 6 unspecified atom stereocenters.